The molecule has 5 aromatic rings. The number of anilines is 1. The van der Waals surface area contributed by atoms with E-state index in [-0.39, 0.29) is 5.91 Å². The lowest BCUT2D eigenvalue weighted by Gasteiger charge is -2.28. The minimum Gasteiger partial charge on any atom is -0.383 e. The monoisotopic (exact) mass is 532 g/mol. The molecule has 7 rings (SSSR count). The smallest absolute Gasteiger partial charge is 0.270 e. The van der Waals surface area contributed by atoms with Crippen molar-refractivity contribution in [2.45, 2.75) is 39.8 Å². The quantitative estimate of drug-likeness (QED) is 0.311. The Hall–Kier alpha value is -4.53. The number of rotatable bonds is 7. The summed E-state index contributed by atoms with van der Waals surface area (Å²) in [6, 6.07) is 14.3. The molecule has 202 valence electrons. The summed E-state index contributed by atoms with van der Waals surface area (Å²) in [6.07, 6.45) is 7.85. The number of nitrogen functional groups attached to an aromatic ring is 1. The number of nitrogens with zero attached hydrogens (tertiary/aromatic N) is 7. The zero-order valence-corrected chi connectivity index (χ0v) is 22.8. The number of hydrogen-bond acceptors (Lipinski definition) is 6. The van der Waals surface area contributed by atoms with Gasteiger partial charge in [0.05, 0.1) is 0 Å². The van der Waals surface area contributed by atoms with Gasteiger partial charge >= 0.3 is 0 Å². The van der Waals surface area contributed by atoms with Gasteiger partial charge < -0.3 is 19.8 Å². The maximum absolute atomic E-state index is 13.3. The molecule has 0 unspecified atom stereocenters. The lowest BCUT2D eigenvalue weighted by atomic mass is 9.99. The average molecular weight is 533 g/mol. The van der Waals surface area contributed by atoms with Crippen LogP contribution in [-0.4, -0.2) is 53.2 Å². The molecule has 1 aliphatic carbocycles. The van der Waals surface area contributed by atoms with Crippen molar-refractivity contribution in [1.29, 1.82) is 0 Å². The fourth-order valence-corrected chi connectivity index (χ4v) is 5.73. The van der Waals surface area contributed by atoms with Crippen molar-refractivity contribution >= 4 is 22.8 Å². The highest BCUT2D eigenvalue weighted by molar-refractivity contribution is 6.03. The van der Waals surface area contributed by atoms with E-state index in [9.17, 15) is 4.79 Å². The van der Waals surface area contributed by atoms with Gasteiger partial charge in [0, 0.05) is 60.6 Å². The van der Waals surface area contributed by atoms with Gasteiger partial charge in [-0.3, -0.25) is 4.79 Å². The van der Waals surface area contributed by atoms with Crippen LogP contribution in [0.25, 0.3) is 44.7 Å². The zero-order chi connectivity index (χ0) is 27.4. The molecule has 1 aromatic carbocycles. The first-order valence-corrected chi connectivity index (χ1v) is 14.0. The van der Waals surface area contributed by atoms with Crippen LogP contribution in [0.2, 0.25) is 0 Å². The SMILES string of the molecule is CC(C)Cn1cnnc1-c1ccc(-c2cc(-c3ccnc4c3cc3n4CCN(CC4CC4)C3=O)cnc2N)cc1. The van der Waals surface area contributed by atoms with Gasteiger partial charge in [-0.15, -0.1) is 10.2 Å². The molecule has 0 spiro atoms. The summed E-state index contributed by atoms with van der Waals surface area (Å²) >= 11 is 0. The summed E-state index contributed by atoms with van der Waals surface area (Å²) < 4.78 is 4.14. The molecular formula is C31H32N8O. The van der Waals surface area contributed by atoms with E-state index in [1.807, 2.05) is 47.5 Å². The first-order chi connectivity index (χ1) is 19.5. The number of carbonyl (C=O) groups excluding carboxylic acids is 1. The topological polar surface area (TPSA) is 108 Å². The molecule has 4 aromatic heterocycles. The molecule has 40 heavy (non-hydrogen) atoms. The Balaban J connectivity index is 1.23. The lowest BCUT2D eigenvalue weighted by molar-refractivity contribution is 0.0698. The summed E-state index contributed by atoms with van der Waals surface area (Å²) in [4.78, 5) is 24.5. The van der Waals surface area contributed by atoms with Crippen LogP contribution in [0, 0.1) is 11.8 Å². The van der Waals surface area contributed by atoms with E-state index in [1.54, 1.807) is 12.5 Å². The van der Waals surface area contributed by atoms with Crippen LogP contribution in [-0.2, 0) is 13.1 Å². The number of hydrogen-bond donors (Lipinski definition) is 1. The Morgan fingerprint density at radius 3 is 2.55 bits per heavy atom. The standard InChI is InChI=1S/C31H32N8O/c1-19(2)16-38-18-35-36-29(38)22-7-5-21(6-8-22)25-13-23(15-34-28(25)32)24-9-10-33-30-26(24)14-27-31(40)37(11-12-39(27)30)17-20-3-4-20/h5-10,13-15,18-20H,3-4,11-12,16-17H2,1-2H3,(H2,32,34). The summed E-state index contributed by atoms with van der Waals surface area (Å²) in [5.74, 6) is 2.57. The van der Waals surface area contributed by atoms with Crippen molar-refractivity contribution in [2.24, 2.45) is 11.8 Å². The minimum atomic E-state index is 0.0996. The minimum absolute atomic E-state index is 0.0996. The molecule has 1 aliphatic heterocycles. The lowest BCUT2D eigenvalue weighted by Crippen LogP contribution is -2.41. The highest BCUT2D eigenvalue weighted by Gasteiger charge is 2.32. The molecule has 0 saturated heterocycles. The maximum Gasteiger partial charge on any atom is 0.270 e. The molecule has 0 radical (unpaired) electrons. The second kappa shape index (κ2) is 9.59. The molecule has 9 nitrogen and oxygen atoms in total. The predicted octanol–water partition coefficient (Wildman–Crippen LogP) is 5.13. The average Bonchev–Trinajstić information content (AvgIpc) is 3.51. The molecule has 1 fully saturated rings. The number of nitrogens with two attached hydrogens (primary N) is 1. The van der Waals surface area contributed by atoms with Gasteiger partial charge in [-0.1, -0.05) is 38.1 Å². The van der Waals surface area contributed by atoms with Gasteiger partial charge in [0.15, 0.2) is 5.82 Å². The summed E-state index contributed by atoms with van der Waals surface area (Å²) in [7, 11) is 0. The molecule has 0 bridgehead atoms. The molecule has 2 aliphatic rings. The highest BCUT2D eigenvalue weighted by Crippen LogP contribution is 2.36. The summed E-state index contributed by atoms with van der Waals surface area (Å²) in [6.45, 7) is 7.57. The van der Waals surface area contributed by atoms with Gasteiger partial charge in [0.2, 0.25) is 0 Å². The van der Waals surface area contributed by atoms with Crippen molar-refractivity contribution in [3.05, 3.63) is 66.9 Å². The summed E-state index contributed by atoms with van der Waals surface area (Å²) in [5, 5.41) is 9.41. The van der Waals surface area contributed by atoms with E-state index in [2.05, 4.69) is 49.2 Å². The number of aromatic nitrogens is 6. The largest absolute Gasteiger partial charge is 0.383 e. The van der Waals surface area contributed by atoms with E-state index < -0.39 is 0 Å². The van der Waals surface area contributed by atoms with Crippen LogP contribution in [0.5, 0.6) is 0 Å². The van der Waals surface area contributed by atoms with Crippen LogP contribution < -0.4 is 5.73 Å². The first-order valence-electron chi connectivity index (χ1n) is 14.0. The Morgan fingerprint density at radius 1 is 0.975 bits per heavy atom. The number of benzene rings is 1. The second-order valence-electron chi connectivity index (χ2n) is 11.4. The Kier molecular flexibility index (Phi) is 5.87. The Morgan fingerprint density at radius 2 is 1.77 bits per heavy atom. The van der Waals surface area contributed by atoms with Gasteiger partial charge in [0.25, 0.3) is 5.91 Å². The fraction of sp³-hybridized carbons (Fsp3) is 0.323. The third-order valence-electron chi connectivity index (χ3n) is 7.93. The fourth-order valence-electron chi connectivity index (χ4n) is 5.73. The maximum atomic E-state index is 13.3. The van der Waals surface area contributed by atoms with E-state index in [4.69, 9.17) is 5.73 Å². The van der Waals surface area contributed by atoms with Crippen molar-refractivity contribution in [2.75, 3.05) is 18.8 Å². The van der Waals surface area contributed by atoms with E-state index >= 15 is 0 Å². The highest BCUT2D eigenvalue weighted by atomic mass is 16.2. The van der Waals surface area contributed by atoms with Crippen molar-refractivity contribution in [3.63, 3.8) is 0 Å². The van der Waals surface area contributed by atoms with E-state index in [0.29, 0.717) is 23.3 Å². The van der Waals surface area contributed by atoms with Gasteiger partial charge in [-0.2, -0.15) is 0 Å². The third-order valence-corrected chi connectivity index (χ3v) is 7.93. The summed E-state index contributed by atoms with van der Waals surface area (Å²) in [5.41, 5.74) is 12.7. The Bertz CT molecular complexity index is 1730. The zero-order valence-electron chi connectivity index (χ0n) is 22.8. The van der Waals surface area contributed by atoms with Crippen molar-refractivity contribution < 1.29 is 4.79 Å². The Labute approximate surface area is 232 Å². The third kappa shape index (κ3) is 4.31. The van der Waals surface area contributed by atoms with E-state index in [1.165, 1.54) is 12.8 Å². The van der Waals surface area contributed by atoms with Gasteiger partial charge in [0.1, 0.15) is 23.5 Å². The molecule has 1 saturated carbocycles. The molecule has 9 heteroatoms. The second-order valence-corrected chi connectivity index (χ2v) is 11.4. The number of fused-ring (bicyclic) bond motifs is 3. The molecule has 5 heterocycles. The molecule has 2 N–H and O–H groups in total. The van der Waals surface area contributed by atoms with Gasteiger partial charge in [-0.05, 0) is 54.0 Å². The van der Waals surface area contributed by atoms with Crippen molar-refractivity contribution in [3.8, 4) is 33.6 Å². The molecular weight excluding hydrogens is 500 g/mol. The number of pyridine rings is 2. The van der Waals surface area contributed by atoms with Crippen LogP contribution in [0.1, 0.15) is 37.2 Å². The predicted molar refractivity (Wildman–Crippen MR) is 155 cm³/mol. The first kappa shape index (κ1) is 24.5. The number of amides is 1. The van der Waals surface area contributed by atoms with Crippen LogP contribution >= 0.6 is 0 Å². The van der Waals surface area contributed by atoms with Crippen LogP contribution in [0.3, 0.4) is 0 Å². The number of carbonyl (C=O) groups is 1. The molecule has 0 atom stereocenters. The van der Waals surface area contributed by atoms with Crippen LogP contribution in [0.4, 0.5) is 5.82 Å². The van der Waals surface area contributed by atoms with Crippen molar-refractivity contribution in [1.82, 2.24) is 34.2 Å². The van der Waals surface area contributed by atoms with Crippen LogP contribution in [0.15, 0.2) is 61.2 Å². The van der Waals surface area contributed by atoms with Gasteiger partial charge in [-0.25, -0.2) is 9.97 Å². The van der Waals surface area contributed by atoms with E-state index in [0.717, 1.165) is 70.9 Å². The molecule has 1 amide bonds. The normalized spacial score (nSPS) is 15.3.